The van der Waals surface area contributed by atoms with Crippen LogP contribution in [0.25, 0.3) is 4.85 Å². The molecule has 1 fully saturated rings. The highest BCUT2D eigenvalue weighted by Gasteiger charge is 2.44. The summed E-state index contributed by atoms with van der Waals surface area (Å²) in [6.07, 6.45) is 1.23. The number of hydrogen-bond acceptors (Lipinski definition) is 1. The minimum atomic E-state index is -1.01. The molecule has 0 radical (unpaired) electrons. The van der Waals surface area contributed by atoms with Crippen LogP contribution in [0.1, 0.15) is 31.2 Å². The molecule has 0 amide bonds. The van der Waals surface area contributed by atoms with Crippen LogP contribution >= 0.6 is 0 Å². The molecule has 90 valence electrons. The van der Waals surface area contributed by atoms with Crippen LogP contribution in [0, 0.1) is 18.2 Å². The maximum Gasteiger partial charge on any atom is 0.260 e. The Balaban J connectivity index is 2.42. The summed E-state index contributed by atoms with van der Waals surface area (Å²) in [5, 5.41) is 9.44. The summed E-state index contributed by atoms with van der Waals surface area (Å²) in [7, 11) is 0. The monoisotopic (exact) mass is 237 g/mol. The molecule has 4 heteroatoms. The van der Waals surface area contributed by atoms with Gasteiger partial charge in [0.2, 0.25) is 0 Å². The van der Waals surface area contributed by atoms with Gasteiger partial charge in [-0.25, -0.2) is 15.4 Å². The van der Waals surface area contributed by atoms with E-state index >= 15 is 0 Å². The molecule has 2 nitrogen and oxygen atoms in total. The molecule has 0 aromatic heterocycles. The third kappa shape index (κ3) is 2.16. The Hall–Kier alpha value is -1.47. The summed E-state index contributed by atoms with van der Waals surface area (Å²) in [4.78, 5) is 3.52. The molecule has 2 rings (SSSR count). The van der Waals surface area contributed by atoms with Crippen molar-refractivity contribution in [3.05, 3.63) is 46.8 Å². The van der Waals surface area contributed by atoms with Gasteiger partial charge in [-0.3, -0.25) is 0 Å². The molecule has 0 atom stereocenters. The van der Waals surface area contributed by atoms with Crippen molar-refractivity contribution in [2.75, 3.05) is 0 Å². The molecule has 1 aliphatic carbocycles. The van der Waals surface area contributed by atoms with E-state index in [2.05, 4.69) is 4.85 Å². The molecular weight excluding hydrogens is 224 g/mol. The molecule has 0 aliphatic heterocycles. The van der Waals surface area contributed by atoms with Gasteiger partial charge in [-0.05, 0) is 31.0 Å². The highest BCUT2D eigenvalue weighted by Crippen LogP contribution is 2.42. The maximum atomic E-state index is 13.7. The summed E-state index contributed by atoms with van der Waals surface area (Å²) in [6.45, 7) is 7.27. The topological polar surface area (TPSA) is 24.6 Å². The van der Waals surface area contributed by atoms with E-state index in [9.17, 15) is 13.9 Å². The van der Waals surface area contributed by atoms with Crippen molar-refractivity contribution in [3.63, 3.8) is 0 Å². The molecule has 1 aliphatic rings. The van der Waals surface area contributed by atoms with Gasteiger partial charge in [0.05, 0.1) is 11.7 Å². The molecule has 0 spiro atoms. The molecule has 0 saturated heterocycles. The predicted octanol–water partition coefficient (Wildman–Crippen LogP) is 3.01. The molecule has 17 heavy (non-hydrogen) atoms. The lowest BCUT2D eigenvalue weighted by Gasteiger charge is -2.29. The van der Waals surface area contributed by atoms with Gasteiger partial charge in [0.15, 0.2) is 0 Å². The third-order valence-electron chi connectivity index (χ3n) is 3.43. The van der Waals surface area contributed by atoms with E-state index in [1.807, 2.05) is 0 Å². The number of benzene rings is 1. The molecule has 1 aromatic rings. The number of halogens is 2. The van der Waals surface area contributed by atoms with Crippen LogP contribution in [0.2, 0.25) is 0 Å². The largest absolute Gasteiger partial charge is 0.393 e. The first-order chi connectivity index (χ1) is 8.07. The normalized spacial score (nSPS) is 28.7. The van der Waals surface area contributed by atoms with Crippen molar-refractivity contribution in [2.24, 2.45) is 0 Å². The van der Waals surface area contributed by atoms with Gasteiger partial charge in [0.1, 0.15) is 11.6 Å². The third-order valence-corrected chi connectivity index (χ3v) is 3.43. The van der Waals surface area contributed by atoms with Gasteiger partial charge in [-0.1, -0.05) is 0 Å². The van der Waals surface area contributed by atoms with Crippen LogP contribution in [0.4, 0.5) is 8.78 Å². The summed E-state index contributed by atoms with van der Waals surface area (Å²) < 4.78 is 26.9. The number of aliphatic hydroxyl groups excluding tert-OH is 1. The summed E-state index contributed by atoms with van der Waals surface area (Å²) >= 11 is 0. The van der Waals surface area contributed by atoms with Gasteiger partial charge in [-0.2, -0.15) is 0 Å². The minimum Gasteiger partial charge on any atom is -0.393 e. The van der Waals surface area contributed by atoms with Gasteiger partial charge < -0.3 is 9.95 Å². The fourth-order valence-corrected chi connectivity index (χ4v) is 2.38. The highest BCUT2D eigenvalue weighted by molar-refractivity contribution is 5.31. The van der Waals surface area contributed by atoms with Gasteiger partial charge in [0.25, 0.3) is 5.54 Å². The second-order valence-corrected chi connectivity index (χ2v) is 4.50. The second-order valence-electron chi connectivity index (χ2n) is 4.50. The van der Waals surface area contributed by atoms with E-state index < -0.39 is 23.3 Å². The van der Waals surface area contributed by atoms with Crippen LogP contribution in [0.5, 0.6) is 0 Å². The molecule has 1 saturated carbocycles. The highest BCUT2D eigenvalue weighted by atomic mass is 19.1. The lowest BCUT2D eigenvalue weighted by Crippen LogP contribution is -2.31. The van der Waals surface area contributed by atoms with E-state index in [-0.39, 0.29) is 5.56 Å². The zero-order chi connectivity index (χ0) is 12.5. The van der Waals surface area contributed by atoms with Gasteiger partial charge in [0, 0.05) is 12.8 Å². The SMILES string of the molecule is [C-]#[N+]C1(c2cc(F)ccc2F)CCC(O)CC1. The molecule has 1 aromatic carbocycles. The number of hydrogen-bond donors (Lipinski definition) is 1. The lowest BCUT2D eigenvalue weighted by atomic mass is 9.76. The van der Waals surface area contributed by atoms with Crippen molar-refractivity contribution in [1.82, 2.24) is 0 Å². The quantitative estimate of drug-likeness (QED) is 0.746. The fraction of sp³-hybridized carbons (Fsp3) is 0.462. The fourth-order valence-electron chi connectivity index (χ4n) is 2.38. The van der Waals surface area contributed by atoms with Gasteiger partial charge in [-0.15, -0.1) is 0 Å². The Kier molecular flexibility index (Phi) is 3.12. The molecule has 0 bridgehead atoms. The standard InChI is InChI=1S/C13H13F2NO/c1-16-13(6-4-10(17)5-7-13)11-8-9(14)2-3-12(11)15/h2-3,8,10,17H,4-7H2. The molecule has 0 unspecified atom stereocenters. The minimum absolute atomic E-state index is 0.124. The summed E-state index contributed by atoms with van der Waals surface area (Å²) in [5.74, 6) is -1.07. The van der Waals surface area contributed by atoms with Crippen molar-refractivity contribution < 1.29 is 13.9 Å². The molecule has 0 heterocycles. The van der Waals surface area contributed by atoms with Crippen LogP contribution in [0.3, 0.4) is 0 Å². The maximum absolute atomic E-state index is 13.7. The number of aliphatic hydroxyl groups is 1. The van der Waals surface area contributed by atoms with E-state index in [4.69, 9.17) is 6.57 Å². The Morgan fingerprint density at radius 2 is 1.94 bits per heavy atom. The first-order valence-corrected chi connectivity index (χ1v) is 5.60. The van der Waals surface area contributed by atoms with Gasteiger partial charge >= 0.3 is 0 Å². The Bertz CT molecular complexity index is 459. The van der Waals surface area contributed by atoms with Crippen molar-refractivity contribution in [3.8, 4) is 0 Å². The molecule has 1 N–H and O–H groups in total. The van der Waals surface area contributed by atoms with Crippen molar-refractivity contribution in [2.45, 2.75) is 37.3 Å². The van der Waals surface area contributed by atoms with E-state index in [0.29, 0.717) is 25.7 Å². The number of rotatable bonds is 1. The lowest BCUT2D eigenvalue weighted by molar-refractivity contribution is 0.106. The van der Waals surface area contributed by atoms with Crippen LogP contribution in [-0.4, -0.2) is 11.2 Å². The smallest absolute Gasteiger partial charge is 0.260 e. The Morgan fingerprint density at radius 1 is 1.29 bits per heavy atom. The predicted molar refractivity (Wildman–Crippen MR) is 59.1 cm³/mol. The number of nitrogens with zero attached hydrogens (tertiary/aromatic N) is 1. The first-order valence-electron chi connectivity index (χ1n) is 5.60. The van der Waals surface area contributed by atoms with Crippen LogP contribution < -0.4 is 0 Å². The second kappa shape index (κ2) is 4.42. The van der Waals surface area contributed by atoms with E-state index in [0.717, 1.165) is 18.2 Å². The molecular formula is C13H13F2NO. The first kappa shape index (κ1) is 12.0. The average Bonchev–Trinajstić information content (AvgIpc) is 2.34. The zero-order valence-corrected chi connectivity index (χ0v) is 9.29. The van der Waals surface area contributed by atoms with Crippen molar-refractivity contribution in [1.29, 1.82) is 0 Å². The summed E-state index contributed by atoms with van der Waals surface area (Å²) in [6, 6.07) is 3.21. The average molecular weight is 237 g/mol. The Morgan fingerprint density at radius 3 is 2.53 bits per heavy atom. The van der Waals surface area contributed by atoms with E-state index in [1.165, 1.54) is 0 Å². The van der Waals surface area contributed by atoms with Crippen LogP contribution in [0.15, 0.2) is 18.2 Å². The van der Waals surface area contributed by atoms with Crippen molar-refractivity contribution >= 4 is 0 Å². The zero-order valence-electron chi connectivity index (χ0n) is 9.29. The Labute approximate surface area is 98.7 Å². The summed E-state index contributed by atoms with van der Waals surface area (Å²) in [5.41, 5.74) is -0.884. The van der Waals surface area contributed by atoms with E-state index in [1.54, 1.807) is 0 Å². The van der Waals surface area contributed by atoms with Crippen LogP contribution in [-0.2, 0) is 5.54 Å².